The summed E-state index contributed by atoms with van der Waals surface area (Å²) in [6, 6.07) is -0.771. The van der Waals surface area contributed by atoms with Crippen molar-refractivity contribution in [2.24, 2.45) is 0 Å². The minimum absolute atomic E-state index is 0.323. The smallest absolute Gasteiger partial charge is 0.324 e. The molecule has 2 aliphatic rings. The minimum Gasteiger partial charge on any atom is -0.333 e. The van der Waals surface area contributed by atoms with Gasteiger partial charge in [0.25, 0.3) is 11.7 Å². The van der Waals surface area contributed by atoms with Gasteiger partial charge in [0.2, 0.25) is 0 Å². The molecule has 4 amide bonds. The molecule has 2 heterocycles. The van der Waals surface area contributed by atoms with E-state index in [4.69, 9.17) is 9.47 Å². The van der Waals surface area contributed by atoms with Gasteiger partial charge in [-0.1, -0.05) is 0 Å². The summed E-state index contributed by atoms with van der Waals surface area (Å²) in [5.41, 5.74) is 0. The highest BCUT2D eigenvalue weighted by atomic mass is 32.1. The summed E-state index contributed by atoms with van der Waals surface area (Å²) in [6.45, 7) is 0.656. The summed E-state index contributed by atoms with van der Waals surface area (Å²) >= 11 is 8.29. The Hall–Kier alpha value is -0.840. The van der Waals surface area contributed by atoms with E-state index in [1.807, 2.05) is 0 Å². The summed E-state index contributed by atoms with van der Waals surface area (Å²) in [5.74, 6) is -1.54. The Labute approximate surface area is 140 Å². The molecule has 126 valence electrons. The number of likely N-dealkylation sites (N-methyl/N-ethyl adjacent to an activating group) is 2. The fourth-order valence-electron chi connectivity index (χ4n) is 2.67. The summed E-state index contributed by atoms with van der Waals surface area (Å²) in [4.78, 5) is 27.0. The van der Waals surface area contributed by atoms with Gasteiger partial charge in [0, 0.05) is 14.1 Å². The van der Waals surface area contributed by atoms with Crippen LogP contribution in [0, 0.1) is 0 Å². The lowest BCUT2D eigenvalue weighted by atomic mass is 10.2. The number of fused-ring (bicyclic) bond motifs is 1. The summed E-state index contributed by atoms with van der Waals surface area (Å²) < 4.78 is 11.8. The standard InChI is InChI=1S/C12H22N4O4S2/c1-15-9(17)13-11(19-5-3-7-21)12(15,20-6-4-8-22)16(2)10(18)14-11/h21-22H,3-8H2,1-2H3,(H,13,17)(H,14,18). The lowest BCUT2D eigenvalue weighted by Crippen LogP contribution is -2.69. The molecular formula is C12H22N4O4S2. The Morgan fingerprint density at radius 2 is 1.41 bits per heavy atom. The van der Waals surface area contributed by atoms with E-state index < -0.39 is 11.7 Å². The Kier molecular flexibility index (Phi) is 5.36. The van der Waals surface area contributed by atoms with E-state index in [9.17, 15) is 9.59 Å². The van der Waals surface area contributed by atoms with E-state index in [2.05, 4.69) is 35.9 Å². The predicted octanol–water partition coefficient (Wildman–Crippen LogP) is 0.277. The van der Waals surface area contributed by atoms with Crippen molar-refractivity contribution in [1.82, 2.24) is 20.4 Å². The van der Waals surface area contributed by atoms with Crippen LogP contribution in [0.5, 0.6) is 0 Å². The topological polar surface area (TPSA) is 83.1 Å². The molecule has 0 bridgehead atoms. The zero-order valence-corrected chi connectivity index (χ0v) is 14.5. The highest BCUT2D eigenvalue weighted by molar-refractivity contribution is 7.80. The number of rotatable bonds is 8. The minimum atomic E-state index is -1.44. The first-order chi connectivity index (χ1) is 10.4. The SMILES string of the molecule is CN1C(=O)NC2(OCCCS)NC(=O)N(C)C12OCCCS. The molecule has 0 aliphatic carbocycles. The number of nitrogens with zero attached hydrogens (tertiary/aromatic N) is 2. The molecule has 2 N–H and O–H groups in total. The van der Waals surface area contributed by atoms with E-state index in [-0.39, 0.29) is 12.1 Å². The van der Waals surface area contributed by atoms with Gasteiger partial charge < -0.3 is 9.47 Å². The van der Waals surface area contributed by atoms with E-state index in [0.717, 1.165) is 0 Å². The fraction of sp³-hybridized carbons (Fsp3) is 0.833. The van der Waals surface area contributed by atoms with Crippen molar-refractivity contribution in [3.63, 3.8) is 0 Å². The number of urea groups is 2. The fourth-order valence-corrected chi connectivity index (χ4v) is 2.92. The molecule has 0 aromatic heterocycles. The van der Waals surface area contributed by atoms with Crippen LogP contribution in [0.1, 0.15) is 12.8 Å². The second kappa shape index (κ2) is 6.73. The molecule has 0 atom stereocenters. The summed E-state index contributed by atoms with van der Waals surface area (Å²) in [5, 5.41) is 5.38. The quantitative estimate of drug-likeness (QED) is 0.374. The predicted molar refractivity (Wildman–Crippen MR) is 86.9 cm³/mol. The molecule has 0 saturated carbocycles. The van der Waals surface area contributed by atoms with Crippen molar-refractivity contribution >= 4 is 37.3 Å². The number of carbonyl (C=O) groups is 2. The van der Waals surface area contributed by atoms with E-state index >= 15 is 0 Å². The Morgan fingerprint density at radius 1 is 0.955 bits per heavy atom. The highest BCUT2D eigenvalue weighted by Crippen LogP contribution is 2.41. The van der Waals surface area contributed by atoms with E-state index in [0.29, 0.717) is 37.6 Å². The van der Waals surface area contributed by atoms with Gasteiger partial charge in [-0.3, -0.25) is 20.4 Å². The largest absolute Gasteiger partial charge is 0.333 e. The van der Waals surface area contributed by atoms with E-state index in [1.165, 1.54) is 9.80 Å². The maximum Gasteiger partial charge on any atom is 0.324 e. The van der Waals surface area contributed by atoms with Gasteiger partial charge in [0.1, 0.15) is 0 Å². The van der Waals surface area contributed by atoms with Gasteiger partial charge in [0.15, 0.2) is 0 Å². The van der Waals surface area contributed by atoms with Crippen LogP contribution in [-0.2, 0) is 9.47 Å². The first-order valence-electron chi connectivity index (χ1n) is 7.07. The zero-order valence-electron chi connectivity index (χ0n) is 12.7. The second-order valence-electron chi connectivity index (χ2n) is 5.12. The number of amides is 4. The highest BCUT2D eigenvalue weighted by Gasteiger charge is 2.74. The van der Waals surface area contributed by atoms with Crippen LogP contribution in [0.15, 0.2) is 0 Å². The normalized spacial score (nSPS) is 30.5. The molecule has 2 fully saturated rings. The van der Waals surface area contributed by atoms with Gasteiger partial charge in [0.05, 0.1) is 13.2 Å². The molecule has 0 spiro atoms. The van der Waals surface area contributed by atoms with Gasteiger partial charge in [-0.2, -0.15) is 25.3 Å². The van der Waals surface area contributed by atoms with Gasteiger partial charge in [-0.25, -0.2) is 9.59 Å². The van der Waals surface area contributed by atoms with Crippen LogP contribution in [0.2, 0.25) is 0 Å². The first-order valence-corrected chi connectivity index (χ1v) is 8.33. The van der Waals surface area contributed by atoms with Crippen LogP contribution in [-0.4, -0.2) is 72.4 Å². The Bertz CT molecular complexity index is 427. The van der Waals surface area contributed by atoms with E-state index in [1.54, 1.807) is 14.1 Å². The second-order valence-corrected chi connectivity index (χ2v) is 6.01. The number of carbonyl (C=O) groups excluding carboxylic acids is 2. The molecule has 22 heavy (non-hydrogen) atoms. The molecule has 2 rings (SSSR count). The molecule has 0 unspecified atom stereocenters. The van der Waals surface area contributed by atoms with Gasteiger partial charge >= 0.3 is 12.1 Å². The third kappa shape index (κ3) is 2.51. The Morgan fingerprint density at radius 3 is 1.86 bits per heavy atom. The molecule has 0 aromatic rings. The molecule has 0 aromatic carbocycles. The third-order valence-corrected chi connectivity index (χ3v) is 4.40. The van der Waals surface area contributed by atoms with Gasteiger partial charge in [-0.05, 0) is 24.3 Å². The number of nitrogens with one attached hydrogen (secondary N) is 2. The molecule has 8 nitrogen and oxygen atoms in total. The maximum atomic E-state index is 12.2. The average molecular weight is 350 g/mol. The number of hydrogen-bond donors (Lipinski definition) is 4. The number of thiol groups is 2. The van der Waals surface area contributed by atoms with Crippen molar-refractivity contribution < 1.29 is 19.1 Å². The average Bonchev–Trinajstić information content (AvgIpc) is 2.81. The van der Waals surface area contributed by atoms with Crippen LogP contribution < -0.4 is 10.6 Å². The third-order valence-electron chi connectivity index (χ3n) is 3.77. The molecule has 2 saturated heterocycles. The van der Waals surface area contributed by atoms with Crippen LogP contribution in [0.4, 0.5) is 9.59 Å². The van der Waals surface area contributed by atoms with Crippen LogP contribution >= 0.6 is 25.3 Å². The number of hydrogen-bond acceptors (Lipinski definition) is 6. The zero-order chi connectivity index (χ0) is 16.4. The van der Waals surface area contributed by atoms with Gasteiger partial charge in [-0.15, -0.1) is 0 Å². The molecular weight excluding hydrogens is 328 g/mol. The van der Waals surface area contributed by atoms with Crippen LogP contribution in [0.3, 0.4) is 0 Å². The molecule has 10 heteroatoms. The summed E-state index contributed by atoms with van der Waals surface area (Å²) in [7, 11) is 3.13. The Balaban J connectivity index is 2.32. The summed E-state index contributed by atoms with van der Waals surface area (Å²) in [6.07, 6.45) is 1.36. The molecule has 2 aliphatic heterocycles. The van der Waals surface area contributed by atoms with Crippen molar-refractivity contribution in [3.05, 3.63) is 0 Å². The monoisotopic (exact) mass is 350 g/mol. The van der Waals surface area contributed by atoms with Crippen molar-refractivity contribution in [2.45, 2.75) is 24.5 Å². The molecule has 0 radical (unpaired) electrons. The first kappa shape index (κ1) is 17.5. The maximum absolute atomic E-state index is 12.2. The lowest BCUT2D eigenvalue weighted by Gasteiger charge is -2.42. The number of ether oxygens (including phenoxy) is 2. The lowest BCUT2D eigenvalue weighted by molar-refractivity contribution is -0.279. The van der Waals surface area contributed by atoms with Crippen molar-refractivity contribution in [1.29, 1.82) is 0 Å². The van der Waals surface area contributed by atoms with Crippen LogP contribution in [0.25, 0.3) is 0 Å². The van der Waals surface area contributed by atoms with Crippen molar-refractivity contribution in [3.8, 4) is 0 Å². The van der Waals surface area contributed by atoms with Crippen molar-refractivity contribution in [2.75, 3.05) is 38.8 Å².